The molecular formula is C17H20N6O2. The second-order valence-electron chi connectivity index (χ2n) is 7.11. The SMILES string of the molecule is CC(=O)c1cc(C(=O)N2CC3(C2)CN(C(C)C)c2nccnc23)[nH]n1. The lowest BCUT2D eigenvalue weighted by molar-refractivity contribution is 0.0410. The fourth-order valence-electron chi connectivity index (χ4n) is 3.68. The van der Waals surface area contributed by atoms with Gasteiger partial charge >= 0.3 is 0 Å². The van der Waals surface area contributed by atoms with Crippen LogP contribution in [0.1, 0.15) is 47.4 Å². The lowest BCUT2D eigenvalue weighted by Gasteiger charge is -2.47. The fourth-order valence-corrected chi connectivity index (χ4v) is 3.68. The molecule has 0 bridgehead atoms. The zero-order valence-corrected chi connectivity index (χ0v) is 14.5. The monoisotopic (exact) mass is 340 g/mol. The summed E-state index contributed by atoms with van der Waals surface area (Å²) in [4.78, 5) is 37.0. The molecule has 0 unspecified atom stereocenters. The van der Waals surface area contributed by atoms with Crippen molar-refractivity contribution in [1.29, 1.82) is 0 Å². The first kappa shape index (κ1) is 15.7. The van der Waals surface area contributed by atoms with E-state index in [0.29, 0.717) is 24.8 Å². The molecule has 2 aliphatic heterocycles. The summed E-state index contributed by atoms with van der Waals surface area (Å²) >= 11 is 0. The number of aromatic nitrogens is 4. The highest BCUT2D eigenvalue weighted by Crippen LogP contribution is 2.45. The van der Waals surface area contributed by atoms with Gasteiger partial charge in [-0.2, -0.15) is 5.10 Å². The molecule has 4 rings (SSSR count). The number of Topliss-reactive ketones (excluding diaryl/α,β-unsaturated/α-hetero) is 1. The van der Waals surface area contributed by atoms with E-state index in [4.69, 9.17) is 0 Å². The van der Waals surface area contributed by atoms with Gasteiger partial charge in [0.05, 0.1) is 11.1 Å². The highest BCUT2D eigenvalue weighted by Gasteiger charge is 2.55. The van der Waals surface area contributed by atoms with Gasteiger partial charge in [0.25, 0.3) is 5.91 Å². The first-order valence-electron chi connectivity index (χ1n) is 8.35. The second kappa shape index (κ2) is 5.37. The first-order valence-corrected chi connectivity index (χ1v) is 8.35. The van der Waals surface area contributed by atoms with Gasteiger partial charge in [0, 0.05) is 45.0 Å². The third-order valence-electron chi connectivity index (χ3n) is 4.99. The summed E-state index contributed by atoms with van der Waals surface area (Å²) in [5.41, 5.74) is 1.44. The molecule has 1 amide bonds. The van der Waals surface area contributed by atoms with Gasteiger partial charge in [-0.15, -0.1) is 0 Å². The fraction of sp³-hybridized carbons (Fsp3) is 0.471. The number of aromatic amines is 1. The molecule has 2 aliphatic rings. The lowest BCUT2D eigenvalue weighted by atomic mass is 9.78. The molecule has 25 heavy (non-hydrogen) atoms. The van der Waals surface area contributed by atoms with Crippen molar-refractivity contribution in [2.24, 2.45) is 0 Å². The van der Waals surface area contributed by atoms with Gasteiger partial charge in [-0.25, -0.2) is 4.98 Å². The van der Waals surface area contributed by atoms with E-state index in [-0.39, 0.29) is 22.8 Å². The predicted octanol–water partition coefficient (Wildman–Crippen LogP) is 1.02. The molecule has 0 saturated carbocycles. The van der Waals surface area contributed by atoms with Crippen molar-refractivity contribution in [2.45, 2.75) is 32.2 Å². The Labute approximate surface area is 145 Å². The quantitative estimate of drug-likeness (QED) is 0.839. The van der Waals surface area contributed by atoms with E-state index in [0.717, 1.165) is 18.1 Å². The van der Waals surface area contributed by atoms with Crippen molar-refractivity contribution in [3.05, 3.63) is 35.5 Å². The Kier molecular flexibility index (Phi) is 3.38. The van der Waals surface area contributed by atoms with Gasteiger partial charge in [-0.3, -0.25) is 19.7 Å². The minimum absolute atomic E-state index is 0.140. The molecule has 1 N–H and O–H groups in total. The van der Waals surface area contributed by atoms with Gasteiger partial charge in [0.2, 0.25) is 0 Å². The van der Waals surface area contributed by atoms with Crippen molar-refractivity contribution in [1.82, 2.24) is 25.1 Å². The predicted molar refractivity (Wildman–Crippen MR) is 90.7 cm³/mol. The molecule has 2 aromatic heterocycles. The number of fused-ring (bicyclic) bond motifs is 2. The van der Waals surface area contributed by atoms with Crippen LogP contribution in [0.15, 0.2) is 18.5 Å². The number of carbonyl (C=O) groups excluding carboxylic acids is 2. The van der Waals surface area contributed by atoms with E-state index in [9.17, 15) is 9.59 Å². The Balaban J connectivity index is 1.55. The first-order chi connectivity index (χ1) is 11.9. The molecule has 0 radical (unpaired) electrons. The molecule has 1 saturated heterocycles. The van der Waals surface area contributed by atoms with Crippen molar-refractivity contribution in [3.63, 3.8) is 0 Å². The molecule has 0 aromatic carbocycles. The molecule has 1 fully saturated rings. The van der Waals surface area contributed by atoms with Crippen LogP contribution >= 0.6 is 0 Å². The van der Waals surface area contributed by atoms with Gasteiger partial charge in [0.1, 0.15) is 11.4 Å². The summed E-state index contributed by atoms with van der Waals surface area (Å²) in [6.45, 7) is 7.69. The largest absolute Gasteiger partial charge is 0.352 e. The molecule has 8 nitrogen and oxygen atoms in total. The standard InChI is InChI=1S/C17H20N6O2/c1-10(2)23-9-17(14-15(23)19-5-4-18-14)7-22(8-17)16(25)13-6-12(11(3)24)20-21-13/h4-6,10H,7-9H2,1-3H3,(H,20,21). The van der Waals surface area contributed by atoms with Crippen LogP contribution in [-0.4, -0.2) is 62.4 Å². The number of nitrogens with one attached hydrogen (secondary N) is 1. The van der Waals surface area contributed by atoms with E-state index in [1.54, 1.807) is 17.3 Å². The second-order valence-corrected chi connectivity index (χ2v) is 7.11. The normalized spacial score (nSPS) is 17.8. The third-order valence-corrected chi connectivity index (χ3v) is 4.99. The molecule has 2 aromatic rings. The van der Waals surface area contributed by atoms with E-state index in [1.165, 1.54) is 13.0 Å². The molecular weight excluding hydrogens is 320 g/mol. The Morgan fingerprint density at radius 2 is 1.92 bits per heavy atom. The summed E-state index contributed by atoms with van der Waals surface area (Å²) in [6.07, 6.45) is 3.42. The third kappa shape index (κ3) is 2.32. The van der Waals surface area contributed by atoms with Crippen LogP contribution in [0, 0.1) is 0 Å². The number of H-pyrrole nitrogens is 1. The van der Waals surface area contributed by atoms with Crippen molar-refractivity contribution in [3.8, 4) is 0 Å². The van der Waals surface area contributed by atoms with Crippen LogP contribution in [0.25, 0.3) is 0 Å². The molecule has 0 aliphatic carbocycles. The van der Waals surface area contributed by atoms with Gasteiger partial charge < -0.3 is 9.80 Å². The molecule has 8 heteroatoms. The zero-order valence-electron chi connectivity index (χ0n) is 14.5. The number of amides is 1. The maximum Gasteiger partial charge on any atom is 0.271 e. The molecule has 130 valence electrons. The number of carbonyl (C=O) groups is 2. The topological polar surface area (TPSA) is 95.1 Å². The zero-order chi connectivity index (χ0) is 17.8. The Bertz CT molecular complexity index is 852. The van der Waals surface area contributed by atoms with Gasteiger partial charge in [-0.1, -0.05) is 0 Å². The number of anilines is 1. The molecule has 4 heterocycles. The maximum absolute atomic E-state index is 12.6. The van der Waals surface area contributed by atoms with E-state index >= 15 is 0 Å². The van der Waals surface area contributed by atoms with Gasteiger partial charge in [-0.05, 0) is 19.9 Å². The Hall–Kier alpha value is -2.77. The van der Waals surface area contributed by atoms with Crippen molar-refractivity contribution in [2.75, 3.05) is 24.5 Å². The summed E-state index contributed by atoms with van der Waals surface area (Å²) in [7, 11) is 0. The highest BCUT2D eigenvalue weighted by molar-refractivity contribution is 5.98. The van der Waals surface area contributed by atoms with Crippen LogP contribution in [0.3, 0.4) is 0 Å². The molecule has 0 atom stereocenters. The number of rotatable bonds is 3. The van der Waals surface area contributed by atoms with Crippen LogP contribution in [0.4, 0.5) is 5.82 Å². The Morgan fingerprint density at radius 1 is 1.20 bits per heavy atom. The van der Waals surface area contributed by atoms with Gasteiger partial charge in [0.15, 0.2) is 11.6 Å². The van der Waals surface area contributed by atoms with E-state index < -0.39 is 0 Å². The lowest BCUT2D eigenvalue weighted by Crippen LogP contribution is -2.63. The number of ketones is 1. The van der Waals surface area contributed by atoms with Crippen LogP contribution in [0.5, 0.6) is 0 Å². The van der Waals surface area contributed by atoms with E-state index in [2.05, 4.69) is 38.9 Å². The average Bonchev–Trinajstić information content (AvgIpc) is 3.16. The average molecular weight is 340 g/mol. The van der Waals surface area contributed by atoms with E-state index in [1.807, 2.05) is 0 Å². The smallest absolute Gasteiger partial charge is 0.271 e. The van der Waals surface area contributed by atoms with Crippen LogP contribution < -0.4 is 4.90 Å². The maximum atomic E-state index is 12.6. The number of hydrogen-bond acceptors (Lipinski definition) is 6. The minimum Gasteiger partial charge on any atom is -0.352 e. The summed E-state index contributed by atoms with van der Waals surface area (Å²) in [5.74, 6) is 0.618. The number of hydrogen-bond donors (Lipinski definition) is 1. The Morgan fingerprint density at radius 3 is 2.56 bits per heavy atom. The van der Waals surface area contributed by atoms with Crippen molar-refractivity contribution >= 4 is 17.5 Å². The minimum atomic E-state index is -0.164. The molecule has 1 spiro atoms. The highest BCUT2D eigenvalue weighted by atomic mass is 16.2. The summed E-state index contributed by atoms with van der Waals surface area (Å²) < 4.78 is 0. The van der Waals surface area contributed by atoms with Crippen molar-refractivity contribution < 1.29 is 9.59 Å². The summed E-state index contributed by atoms with van der Waals surface area (Å²) in [6, 6.07) is 1.84. The van der Waals surface area contributed by atoms with Crippen LogP contribution in [0.2, 0.25) is 0 Å². The number of likely N-dealkylation sites (tertiary alicyclic amines) is 1. The summed E-state index contributed by atoms with van der Waals surface area (Å²) in [5, 5.41) is 6.55. The van der Waals surface area contributed by atoms with Crippen LogP contribution in [-0.2, 0) is 5.41 Å². The number of nitrogens with zero attached hydrogens (tertiary/aromatic N) is 5.